The summed E-state index contributed by atoms with van der Waals surface area (Å²) in [4.78, 5) is 13.3. The second kappa shape index (κ2) is 6.54. The maximum absolute atomic E-state index is 12.5. The third-order valence-electron chi connectivity index (χ3n) is 4.32. The summed E-state index contributed by atoms with van der Waals surface area (Å²) in [6, 6.07) is 9.36. The van der Waals surface area contributed by atoms with Gasteiger partial charge in [0, 0.05) is 10.9 Å². The van der Waals surface area contributed by atoms with Gasteiger partial charge in [-0.1, -0.05) is 38.1 Å². The summed E-state index contributed by atoms with van der Waals surface area (Å²) >= 11 is 6.75. The van der Waals surface area contributed by atoms with Crippen LogP contribution in [0.4, 0.5) is 0 Å². The molecule has 1 unspecified atom stereocenters. The molecule has 1 saturated heterocycles. The van der Waals surface area contributed by atoms with Crippen LogP contribution in [0.2, 0.25) is 0 Å². The number of nitrogens with zero attached hydrogens (tertiary/aromatic N) is 1. The fourth-order valence-corrected chi connectivity index (χ4v) is 6.07. The van der Waals surface area contributed by atoms with E-state index in [2.05, 4.69) is 26.0 Å². The van der Waals surface area contributed by atoms with Gasteiger partial charge in [0.2, 0.25) is 0 Å². The molecule has 2 heterocycles. The molecule has 128 valence electrons. The molecule has 1 aromatic heterocycles. The Kier molecular flexibility index (Phi) is 4.77. The summed E-state index contributed by atoms with van der Waals surface area (Å²) in [6.07, 6.45) is 0.459. The Bertz CT molecular complexity index is 938. The van der Waals surface area contributed by atoms with Gasteiger partial charge in [0.05, 0.1) is 17.5 Å². The smallest absolute Gasteiger partial charge is 0.253 e. The van der Waals surface area contributed by atoms with Crippen molar-refractivity contribution in [2.24, 2.45) is 0 Å². The predicted octanol–water partition coefficient (Wildman–Crippen LogP) is 3.79. The third-order valence-corrected chi connectivity index (χ3v) is 7.46. The Labute approximate surface area is 150 Å². The molecule has 4 nitrogen and oxygen atoms in total. The molecule has 1 aromatic carbocycles. The minimum atomic E-state index is -3.05. The molecule has 0 spiro atoms. The highest BCUT2D eigenvalue weighted by atomic mass is 32.2. The number of hydrogen-bond donors (Lipinski definition) is 0. The number of rotatable bonds is 3. The van der Waals surface area contributed by atoms with E-state index in [1.807, 2.05) is 12.1 Å². The number of hydrogen-bond acceptors (Lipinski definition) is 5. The minimum Gasteiger partial charge on any atom is -0.287 e. The van der Waals surface area contributed by atoms with Crippen LogP contribution >= 0.6 is 23.6 Å². The third kappa shape index (κ3) is 3.53. The monoisotopic (exact) mass is 381 g/mol. The molecule has 1 fully saturated rings. The van der Waals surface area contributed by atoms with E-state index in [0.717, 1.165) is 10.4 Å². The highest BCUT2D eigenvalue weighted by Gasteiger charge is 2.30. The van der Waals surface area contributed by atoms with Crippen LogP contribution in [0.3, 0.4) is 0 Å². The topological polar surface area (TPSA) is 56.1 Å². The Morgan fingerprint density at radius 2 is 1.92 bits per heavy atom. The Balaban J connectivity index is 1.99. The summed E-state index contributed by atoms with van der Waals surface area (Å²) in [7, 11) is -3.05. The number of benzene rings is 1. The molecule has 0 bridgehead atoms. The van der Waals surface area contributed by atoms with Crippen molar-refractivity contribution < 1.29 is 8.42 Å². The molecule has 1 aliphatic heterocycles. The van der Waals surface area contributed by atoms with E-state index >= 15 is 0 Å². The first-order valence-electron chi connectivity index (χ1n) is 7.84. The lowest BCUT2D eigenvalue weighted by Crippen LogP contribution is -2.25. The van der Waals surface area contributed by atoms with Gasteiger partial charge in [-0.2, -0.15) is 0 Å². The molecular formula is C17H19NO3S3. The van der Waals surface area contributed by atoms with Crippen LogP contribution in [0.25, 0.3) is 10.4 Å². The van der Waals surface area contributed by atoms with Gasteiger partial charge in [-0.15, -0.1) is 11.3 Å². The standard InChI is InChI=1S/C17H19NO3S3/c1-11(2)12-3-5-13(6-4-12)15-9-16(19)18(17(22)23-15)14-7-8-24(20,21)10-14/h3-6,9,11,14H,7-8,10H2,1-2H3. The fourth-order valence-electron chi connectivity index (χ4n) is 2.93. The SMILES string of the molecule is CC(C)c1ccc(-c2cc(=O)n(C3CCS(=O)(=O)C3)c(=S)s2)cc1. The molecule has 0 aliphatic carbocycles. The fraction of sp³-hybridized carbons (Fsp3) is 0.412. The van der Waals surface area contributed by atoms with Crippen molar-refractivity contribution in [1.29, 1.82) is 0 Å². The number of aromatic nitrogens is 1. The Morgan fingerprint density at radius 3 is 2.42 bits per heavy atom. The van der Waals surface area contributed by atoms with Crippen LogP contribution in [0.1, 0.15) is 37.8 Å². The molecule has 2 aromatic rings. The number of sulfone groups is 1. The van der Waals surface area contributed by atoms with E-state index < -0.39 is 9.84 Å². The van der Waals surface area contributed by atoms with Gasteiger partial charge in [0.25, 0.3) is 5.56 Å². The average Bonchev–Trinajstić information content (AvgIpc) is 2.86. The highest BCUT2D eigenvalue weighted by molar-refractivity contribution is 7.91. The predicted molar refractivity (Wildman–Crippen MR) is 101 cm³/mol. The highest BCUT2D eigenvalue weighted by Crippen LogP contribution is 2.28. The molecule has 0 saturated carbocycles. The van der Waals surface area contributed by atoms with Crippen LogP contribution in [-0.2, 0) is 9.84 Å². The minimum absolute atomic E-state index is 0.00565. The van der Waals surface area contributed by atoms with Crippen LogP contribution in [0.5, 0.6) is 0 Å². The van der Waals surface area contributed by atoms with Gasteiger partial charge < -0.3 is 0 Å². The zero-order chi connectivity index (χ0) is 17.5. The second-order valence-electron chi connectivity index (χ2n) is 6.42. The normalized spacial score (nSPS) is 19.7. The van der Waals surface area contributed by atoms with E-state index in [-0.39, 0.29) is 23.1 Å². The van der Waals surface area contributed by atoms with E-state index in [0.29, 0.717) is 16.3 Å². The molecule has 0 radical (unpaired) electrons. The molecule has 1 aliphatic rings. The van der Waals surface area contributed by atoms with E-state index in [9.17, 15) is 13.2 Å². The maximum Gasteiger partial charge on any atom is 0.253 e. The van der Waals surface area contributed by atoms with Crippen molar-refractivity contribution in [2.45, 2.75) is 32.2 Å². The molecule has 3 rings (SSSR count). The zero-order valence-corrected chi connectivity index (χ0v) is 16.0. The van der Waals surface area contributed by atoms with E-state index in [1.54, 1.807) is 6.07 Å². The first kappa shape index (κ1) is 17.5. The quantitative estimate of drug-likeness (QED) is 0.759. The molecular weight excluding hydrogens is 362 g/mol. The van der Waals surface area contributed by atoms with Crippen LogP contribution in [-0.4, -0.2) is 24.5 Å². The van der Waals surface area contributed by atoms with Crippen LogP contribution < -0.4 is 5.56 Å². The van der Waals surface area contributed by atoms with Gasteiger partial charge in [0.15, 0.2) is 13.8 Å². The van der Waals surface area contributed by atoms with Crippen molar-refractivity contribution in [3.05, 3.63) is 50.2 Å². The van der Waals surface area contributed by atoms with Gasteiger partial charge in [-0.25, -0.2) is 8.42 Å². The first-order valence-corrected chi connectivity index (χ1v) is 10.9. The van der Waals surface area contributed by atoms with Gasteiger partial charge in [-0.05, 0) is 35.7 Å². The van der Waals surface area contributed by atoms with E-state index in [4.69, 9.17) is 12.2 Å². The Hall–Kier alpha value is -1.31. The molecule has 24 heavy (non-hydrogen) atoms. The van der Waals surface area contributed by atoms with Crippen molar-refractivity contribution >= 4 is 33.4 Å². The van der Waals surface area contributed by atoms with Crippen LogP contribution in [0.15, 0.2) is 35.1 Å². The summed E-state index contributed by atoms with van der Waals surface area (Å²) in [5.74, 6) is 0.586. The van der Waals surface area contributed by atoms with Crippen molar-refractivity contribution in [3.8, 4) is 10.4 Å². The van der Waals surface area contributed by atoms with E-state index in [1.165, 1.54) is 21.5 Å². The van der Waals surface area contributed by atoms with Crippen LogP contribution in [0, 0.1) is 3.95 Å². The summed E-state index contributed by atoms with van der Waals surface area (Å²) < 4.78 is 25.2. The molecule has 0 N–H and O–H groups in total. The maximum atomic E-state index is 12.5. The van der Waals surface area contributed by atoms with Gasteiger partial charge >= 0.3 is 0 Å². The lowest BCUT2D eigenvalue weighted by molar-refractivity contribution is 0.538. The average molecular weight is 382 g/mol. The molecule has 1 atom stereocenters. The molecule has 0 amide bonds. The summed E-state index contributed by atoms with van der Waals surface area (Å²) in [5, 5.41) is 0. The van der Waals surface area contributed by atoms with Gasteiger partial charge in [0.1, 0.15) is 0 Å². The first-order chi connectivity index (χ1) is 11.3. The second-order valence-corrected chi connectivity index (χ2v) is 10.3. The summed E-state index contributed by atoms with van der Waals surface area (Å²) in [6.45, 7) is 4.27. The van der Waals surface area contributed by atoms with Gasteiger partial charge in [-0.3, -0.25) is 9.36 Å². The lowest BCUT2D eigenvalue weighted by atomic mass is 10.0. The largest absolute Gasteiger partial charge is 0.287 e. The van der Waals surface area contributed by atoms with Crippen molar-refractivity contribution in [3.63, 3.8) is 0 Å². The molecule has 7 heteroatoms. The Morgan fingerprint density at radius 1 is 1.25 bits per heavy atom. The summed E-state index contributed by atoms with van der Waals surface area (Å²) in [5.41, 5.74) is 1.98. The van der Waals surface area contributed by atoms with Crippen molar-refractivity contribution in [1.82, 2.24) is 4.57 Å². The van der Waals surface area contributed by atoms with Crippen molar-refractivity contribution in [2.75, 3.05) is 11.5 Å². The zero-order valence-electron chi connectivity index (χ0n) is 13.6. The lowest BCUT2D eigenvalue weighted by Gasteiger charge is -2.13.